The highest BCUT2D eigenvalue weighted by Crippen LogP contribution is 1.82. The molecule has 0 spiro atoms. The molecule has 0 aliphatic heterocycles. The lowest BCUT2D eigenvalue weighted by molar-refractivity contribution is 0.133. The Balaban J connectivity index is 3.15. The van der Waals surface area contributed by atoms with Crippen LogP contribution in [-0.4, -0.2) is 61.6 Å². The van der Waals surface area contributed by atoms with Crippen molar-refractivity contribution in [2.75, 3.05) is 40.3 Å². The van der Waals surface area contributed by atoms with Gasteiger partial charge in [0.05, 0.1) is 12.7 Å². The molecule has 0 radical (unpaired) electrons. The van der Waals surface area contributed by atoms with E-state index >= 15 is 0 Å². The Morgan fingerprint density at radius 2 is 2.09 bits per heavy atom. The number of hydrogen-bond donors (Lipinski definition) is 3. The number of aliphatic hydroxyl groups is 2. The zero-order valence-electron chi connectivity index (χ0n) is 7.25. The largest absolute Gasteiger partial charge is 0.395 e. The third-order valence-corrected chi connectivity index (χ3v) is 1.24. The molecule has 1 unspecified atom stereocenters. The molecule has 1 atom stereocenters. The molecule has 0 saturated carbocycles. The summed E-state index contributed by atoms with van der Waals surface area (Å²) in [6, 6.07) is 0. The van der Waals surface area contributed by atoms with Gasteiger partial charge in [0.2, 0.25) is 0 Å². The van der Waals surface area contributed by atoms with Crippen LogP contribution in [0.4, 0.5) is 0 Å². The SMILES string of the molecule is CN(C)CC(O)CNCCO. The summed E-state index contributed by atoms with van der Waals surface area (Å²) in [5.74, 6) is 0. The van der Waals surface area contributed by atoms with E-state index in [0.29, 0.717) is 19.6 Å². The summed E-state index contributed by atoms with van der Waals surface area (Å²) in [5.41, 5.74) is 0. The second-order valence-corrected chi connectivity index (χ2v) is 2.84. The van der Waals surface area contributed by atoms with Gasteiger partial charge in [-0.25, -0.2) is 0 Å². The predicted molar refractivity (Wildman–Crippen MR) is 44.5 cm³/mol. The summed E-state index contributed by atoms with van der Waals surface area (Å²) < 4.78 is 0. The molecule has 0 aromatic heterocycles. The average Bonchev–Trinajstić information content (AvgIpc) is 1.86. The number of hydrogen-bond acceptors (Lipinski definition) is 4. The Morgan fingerprint density at radius 3 is 2.55 bits per heavy atom. The van der Waals surface area contributed by atoms with Gasteiger partial charge in [0.15, 0.2) is 0 Å². The number of aliphatic hydroxyl groups excluding tert-OH is 2. The molecule has 0 saturated heterocycles. The van der Waals surface area contributed by atoms with Gasteiger partial charge in [0.1, 0.15) is 0 Å². The maximum atomic E-state index is 9.26. The molecule has 3 N–H and O–H groups in total. The fraction of sp³-hybridized carbons (Fsp3) is 1.00. The number of rotatable bonds is 6. The van der Waals surface area contributed by atoms with E-state index in [0.717, 1.165) is 0 Å². The molecule has 0 amide bonds. The maximum absolute atomic E-state index is 9.26. The van der Waals surface area contributed by atoms with E-state index in [-0.39, 0.29) is 12.7 Å². The number of nitrogens with zero attached hydrogens (tertiary/aromatic N) is 1. The summed E-state index contributed by atoms with van der Waals surface area (Å²) in [7, 11) is 3.82. The van der Waals surface area contributed by atoms with Crippen LogP contribution in [0.2, 0.25) is 0 Å². The van der Waals surface area contributed by atoms with E-state index in [2.05, 4.69) is 5.32 Å². The van der Waals surface area contributed by atoms with Gasteiger partial charge in [-0.2, -0.15) is 0 Å². The van der Waals surface area contributed by atoms with Gasteiger partial charge in [-0.3, -0.25) is 0 Å². The van der Waals surface area contributed by atoms with Gasteiger partial charge >= 0.3 is 0 Å². The molecule has 4 nitrogen and oxygen atoms in total. The lowest BCUT2D eigenvalue weighted by atomic mass is 10.3. The van der Waals surface area contributed by atoms with Crippen molar-refractivity contribution in [1.82, 2.24) is 10.2 Å². The van der Waals surface area contributed by atoms with Crippen LogP contribution in [0, 0.1) is 0 Å². The molecular formula is C7H18N2O2. The van der Waals surface area contributed by atoms with Gasteiger partial charge in [-0.05, 0) is 14.1 Å². The molecule has 0 rings (SSSR count). The minimum atomic E-state index is -0.350. The fourth-order valence-corrected chi connectivity index (χ4v) is 0.834. The van der Waals surface area contributed by atoms with Crippen molar-refractivity contribution in [3.8, 4) is 0 Å². The van der Waals surface area contributed by atoms with Crippen molar-refractivity contribution in [3.05, 3.63) is 0 Å². The highest BCUT2D eigenvalue weighted by atomic mass is 16.3. The monoisotopic (exact) mass is 162 g/mol. The summed E-state index contributed by atoms with van der Waals surface area (Å²) in [6.07, 6.45) is -0.350. The Morgan fingerprint density at radius 1 is 1.45 bits per heavy atom. The summed E-state index contributed by atoms with van der Waals surface area (Å²) >= 11 is 0. The second-order valence-electron chi connectivity index (χ2n) is 2.84. The quantitative estimate of drug-likeness (QED) is 0.416. The summed E-state index contributed by atoms with van der Waals surface area (Å²) in [4.78, 5) is 1.92. The minimum absolute atomic E-state index is 0.120. The van der Waals surface area contributed by atoms with Crippen LogP contribution in [0.15, 0.2) is 0 Å². The molecule has 68 valence electrons. The highest BCUT2D eigenvalue weighted by Gasteiger charge is 2.03. The van der Waals surface area contributed by atoms with Crippen LogP contribution >= 0.6 is 0 Å². The van der Waals surface area contributed by atoms with Gasteiger partial charge in [-0.1, -0.05) is 0 Å². The highest BCUT2D eigenvalue weighted by molar-refractivity contribution is 4.61. The number of likely N-dealkylation sites (N-methyl/N-ethyl adjacent to an activating group) is 1. The van der Waals surface area contributed by atoms with E-state index in [1.165, 1.54) is 0 Å². The third kappa shape index (κ3) is 7.74. The molecule has 0 aromatic rings. The van der Waals surface area contributed by atoms with Crippen molar-refractivity contribution in [2.45, 2.75) is 6.10 Å². The normalized spacial score (nSPS) is 13.9. The van der Waals surface area contributed by atoms with E-state index < -0.39 is 0 Å². The van der Waals surface area contributed by atoms with Crippen LogP contribution in [0.1, 0.15) is 0 Å². The fourth-order valence-electron chi connectivity index (χ4n) is 0.834. The van der Waals surface area contributed by atoms with Gasteiger partial charge in [0, 0.05) is 19.6 Å². The van der Waals surface area contributed by atoms with E-state index in [1.807, 2.05) is 19.0 Å². The van der Waals surface area contributed by atoms with E-state index in [4.69, 9.17) is 5.11 Å². The van der Waals surface area contributed by atoms with Crippen molar-refractivity contribution < 1.29 is 10.2 Å². The third-order valence-electron chi connectivity index (χ3n) is 1.24. The first-order valence-corrected chi connectivity index (χ1v) is 3.81. The predicted octanol–water partition coefficient (Wildman–Crippen LogP) is -1.51. The van der Waals surface area contributed by atoms with Gasteiger partial charge in [-0.15, -0.1) is 0 Å². The standard InChI is InChI=1S/C7H18N2O2/c1-9(2)6-7(11)5-8-3-4-10/h7-8,10-11H,3-6H2,1-2H3. The van der Waals surface area contributed by atoms with E-state index in [9.17, 15) is 5.11 Å². The molecule has 0 bridgehead atoms. The molecule has 0 aromatic carbocycles. The Labute approximate surface area is 67.8 Å². The van der Waals surface area contributed by atoms with E-state index in [1.54, 1.807) is 0 Å². The van der Waals surface area contributed by atoms with Crippen molar-refractivity contribution >= 4 is 0 Å². The first kappa shape index (κ1) is 10.8. The van der Waals surface area contributed by atoms with Crippen LogP contribution in [-0.2, 0) is 0 Å². The molecule has 0 fully saturated rings. The summed E-state index contributed by atoms with van der Waals surface area (Å²) in [5, 5.41) is 20.6. The van der Waals surface area contributed by atoms with Crippen LogP contribution in [0.5, 0.6) is 0 Å². The molecular weight excluding hydrogens is 144 g/mol. The van der Waals surface area contributed by atoms with Gasteiger partial charge in [0.25, 0.3) is 0 Å². The van der Waals surface area contributed by atoms with Crippen molar-refractivity contribution in [3.63, 3.8) is 0 Å². The zero-order chi connectivity index (χ0) is 8.69. The molecule has 0 aliphatic rings. The molecule has 0 aliphatic carbocycles. The second kappa shape index (κ2) is 6.54. The topological polar surface area (TPSA) is 55.7 Å². The number of nitrogens with one attached hydrogen (secondary N) is 1. The van der Waals surface area contributed by atoms with Crippen LogP contribution < -0.4 is 5.32 Å². The lowest BCUT2D eigenvalue weighted by Gasteiger charge is -2.15. The van der Waals surface area contributed by atoms with Gasteiger partial charge < -0.3 is 20.4 Å². The Kier molecular flexibility index (Phi) is 6.45. The molecule has 0 heterocycles. The van der Waals surface area contributed by atoms with Crippen LogP contribution in [0.3, 0.4) is 0 Å². The Bertz CT molecular complexity index is 88.5. The first-order valence-electron chi connectivity index (χ1n) is 3.81. The zero-order valence-corrected chi connectivity index (χ0v) is 7.25. The summed E-state index contributed by atoms with van der Waals surface area (Å²) in [6.45, 7) is 1.86. The molecule has 4 heteroatoms. The van der Waals surface area contributed by atoms with Crippen LogP contribution in [0.25, 0.3) is 0 Å². The Hall–Kier alpha value is -0.160. The first-order chi connectivity index (χ1) is 5.16. The molecule has 11 heavy (non-hydrogen) atoms. The minimum Gasteiger partial charge on any atom is -0.395 e. The maximum Gasteiger partial charge on any atom is 0.0791 e. The van der Waals surface area contributed by atoms with Crippen molar-refractivity contribution in [2.24, 2.45) is 0 Å². The smallest absolute Gasteiger partial charge is 0.0791 e. The lowest BCUT2D eigenvalue weighted by Crippen LogP contribution is -2.35. The average molecular weight is 162 g/mol. The van der Waals surface area contributed by atoms with Crippen molar-refractivity contribution in [1.29, 1.82) is 0 Å².